The molecule has 2 amide bonds. The van der Waals surface area contributed by atoms with Crippen LogP contribution in [-0.4, -0.2) is 25.5 Å². The van der Waals surface area contributed by atoms with Gasteiger partial charge in [0.15, 0.2) is 0 Å². The summed E-state index contributed by atoms with van der Waals surface area (Å²) in [4.78, 5) is 26.5. The lowest BCUT2D eigenvalue weighted by Crippen LogP contribution is -2.32. The molecule has 1 aliphatic rings. The van der Waals surface area contributed by atoms with Gasteiger partial charge in [0.25, 0.3) is 0 Å². The highest BCUT2D eigenvalue weighted by Crippen LogP contribution is 2.34. The number of rotatable bonds is 5. The molecule has 2 aromatic rings. The minimum Gasteiger partial charge on any atom is -0.495 e. The van der Waals surface area contributed by atoms with Crippen molar-refractivity contribution < 1.29 is 27.5 Å². The molecule has 0 unspecified atom stereocenters. The largest absolute Gasteiger partial charge is 0.495 e. The first-order chi connectivity index (χ1) is 13.7. The Bertz CT molecular complexity index is 910. The van der Waals surface area contributed by atoms with Crippen molar-refractivity contribution in [2.45, 2.75) is 26.1 Å². The Morgan fingerprint density at radius 2 is 1.90 bits per heavy atom. The van der Waals surface area contributed by atoms with Crippen molar-refractivity contribution in [3.05, 3.63) is 59.2 Å². The van der Waals surface area contributed by atoms with Crippen molar-refractivity contribution in [1.29, 1.82) is 0 Å². The second kappa shape index (κ2) is 8.14. The van der Waals surface area contributed by atoms with E-state index < -0.39 is 17.7 Å². The van der Waals surface area contributed by atoms with E-state index in [0.29, 0.717) is 17.0 Å². The summed E-state index contributed by atoms with van der Waals surface area (Å²) in [6, 6.07) is 10.1. The van der Waals surface area contributed by atoms with Gasteiger partial charge in [0.2, 0.25) is 11.8 Å². The van der Waals surface area contributed by atoms with Crippen LogP contribution in [0.1, 0.15) is 23.1 Å². The fourth-order valence-electron chi connectivity index (χ4n) is 3.27. The van der Waals surface area contributed by atoms with E-state index in [1.807, 2.05) is 19.1 Å². The SMILES string of the molecule is COc1ccc(C)cc1N1C[C@@H](C(=O)NCc2ccc(C(F)(F)F)cc2)CC1=O. The molecular weight excluding hydrogens is 385 g/mol. The molecule has 0 spiro atoms. The second-order valence-corrected chi connectivity index (χ2v) is 6.99. The summed E-state index contributed by atoms with van der Waals surface area (Å²) in [5.74, 6) is -0.479. The van der Waals surface area contributed by atoms with Crippen LogP contribution in [-0.2, 0) is 22.3 Å². The third-order valence-electron chi connectivity index (χ3n) is 4.87. The number of nitrogens with zero attached hydrogens (tertiary/aromatic N) is 1. The van der Waals surface area contributed by atoms with E-state index in [-0.39, 0.29) is 31.3 Å². The first-order valence-electron chi connectivity index (χ1n) is 9.08. The maximum atomic E-state index is 12.6. The zero-order valence-corrected chi connectivity index (χ0v) is 16.0. The van der Waals surface area contributed by atoms with Gasteiger partial charge in [-0.1, -0.05) is 18.2 Å². The summed E-state index contributed by atoms with van der Waals surface area (Å²) in [5.41, 5.74) is 1.39. The van der Waals surface area contributed by atoms with Gasteiger partial charge in [-0.3, -0.25) is 9.59 Å². The predicted octanol–water partition coefficient (Wildman–Crippen LogP) is 3.69. The van der Waals surface area contributed by atoms with Crippen molar-refractivity contribution in [3.63, 3.8) is 0 Å². The third-order valence-corrected chi connectivity index (χ3v) is 4.87. The molecular formula is C21H21F3N2O3. The number of methoxy groups -OCH3 is 1. The fourth-order valence-corrected chi connectivity index (χ4v) is 3.27. The summed E-state index contributed by atoms with van der Waals surface area (Å²) in [6.07, 6.45) is -4.33. The smallest absolute Gasteiger partial charge is 0.416 e. The quantitative estimate of drug-likeness (QED) is 0.824. The number of alkyl halides is 3. The lowest BCUT2D eigenvalue weighted by Gasteiger charge is -2.20. The highest BCUT2D eigenvalue weighted by molar-refractivity contribution is 6.01. The third kappa shape index (κ3) is 4.70. The van der Waals surface area contributed by atoms with Crippen LogP contribution in [0.15, 0.2) is 42.5 Å². The molecule has 2 aromatic carbocycles. The number of aryl methyl sites for hydroxylation is 1. The van der Waals surface area contributed by atoms with Crippen LogP contribution >= 0.6 is 0 Å². The van der Waals surface area contributed by atoms with E-state index in [2.05, 4.69) is 5.32 Å². The maximum Gasteiger partial charge on any atom is 0.416 e. The molecule has 29 heavy (non-hydrogen) atoms. The number of carbonyl (C=O) groups is 2. The number of anilines is 1. The Hall–Kier alpha value is -3.03. The fraction of sp³-hybridized carbons (Fsp3) is 0.333. The molecule has 8 heteroatoms. The molecule has 0 bridgehead atoms. The highest BCUT2D eigenvalue weighted by atomic mass is 19.4. The molecule has 0 aromatic heterocycles. The molecule has 1 N–H and O–H groups in total. The van der Waals surface area contributed by atoms with Crippen LogP contribution in [0.5, 0.6) is 5.75 Å². The van der Waals surface area contributed by atoms with Gasteiger partial charge in [-0.2, -0.15) is 13.2 Å². The molecule has 0 aliphatic carbocycles. The van der Waals surface area contributed by atoms with Gasteiger partial charge in [-0.05, 0) is 42.3 Å². The first kappa shape index (κ1) is 20.7. The number of nitrogens with one attached hydrogen (secondary N) is 1. The number of halogens is 3. The van der Waals surface area contributed by atoms with Gasteiger partial charge in [0.05, 0.1) is 24.3 Å². The average molecular weight is 406 g/mol. The molecule has 0 saturated carbocycles. The van der Waals surface area contributed by atoms with E-state index in [1.165, 1.54) is 24.1 Å². The first-order valence-corrected chi connectivity index (χ1v) is 9.08. The molecule has 154 valence electrons. The molecule has 1 fully saturated rings. The van der Waals surface area contributed by atoms with Crippen molar-refractivity contribution in [3.8, 4) is 5.75 Å². The lowest BCUT2D eigenvalue weighted by molar-refractivity contribution is -0.137. The molecule has 1 heterocycles. The number of carbonyl (C=O) groups excluding carboxylic acids is 2. The lowest BCUT2D eigenvalue weighted by atomic mass is 10.1. The van der Waals surface area contributed by atoms with Crippen molar-refractivity contribution in [2.24, 2.45) is 5.92 Å². The van der Waals surface area contributed by atoms with Gasteiger partial charge in [-0.15, -0.1) is 0 Å². The van der Waals surface area contributed by atoms with Crippen LogP contribution < -0.4 is 15.0 Å². The monoisotopic (exact) mass is 406 g/mol. The van der Waals surface area contributed by atoms with E-state index >= 15 is 0 Å². The molecule has 3 rings (SSSR count). The summed E-state index contributed by atoms with van der Waals surface area (Å²) in [7, 11) is 1.52. The van der Waals surface area contributed by atoms with Crippen LogP contribution in [0.25, 0.3) is 0 Å². The van der Waals surface area contributed by atoms with Gasteiger partial charge in [0, 0.05) is 19.5 Å². The number of amides is 2. The minimum absolute atomic E-state index is 0.0654. The van der Waals surface area contributed by atoms with Crippen LogP contribution in [0, 0.1) is 12.8 Å². The average Bonchev–Trinajstić information content (AvgIpc) is 3.07. The number of hydrogen-bond donors (Lipinski definition) is 1. The zero-order valence-electron chi connectivity index (χ0n) is 16.0. The van der Waals surface area contributed by atoms with Gasteiger partial charge in [0.1, 0.15) is 5.75 Å². The van der Waals surface area contributed by atoms with Crippen molar-refractivity contribution >= 4 is 17.5 Å². The maximum absolute atomic E-state index is 12.6. The van der Waals surface area contributed by atoms with E-state index in [0.717, 1.165) is 17.7 Å². The summed E-state index contributed by atoms with van der Waals surface area (Å²) in [5, 5.41) is 2.70. The van der Waals surface area contributed by atoms with E-state index in [1.54, 1.807) is 6.07 Å². The van der Waals surface area contributed by atoms with E-state index in [9.17, 15) is 22.8 Å². The summed E-state index contributed by atoms with van der Waals surface area (Å²) >= 11 is 0. The Kier molecular flexibility index (Phi) is 5.81. The Balaban J connectivity index is 1.63. The summed E-state index contributed by atoms with van der Waals surface area (Å²) in [6.45, 7) is 2.21. The van der Waals surface area contributed by atoms with Crippen LogP contribution in [0.2, 0.25) is 0 Å². The normalized spacial score (nSPS) is 16.8. The number of hydrogen-bond acceptors (Lipinski definition) is 3. The zero-order chi connectivity index (χ0) is 21.2. The van der Waals surface area contributed by atoms with Gasteiger partial charge >= 0.3 is 6.18 Å². The number of benzene rings is 2. The van der Waals surface area contributed by atoms with Crippen molar-refractivity contribution in [2.75, 3.05) is 18.6 Å². The van der Waals surface area contributed by atoms with Gasteiger partial charge < -0.3 is 15.0 Å². The van der Waals surface area contributed by atoms with Crippen molar-refractivity contribution in [1.82, 2.24) is 5.32 Å². The standard InChI is InChI=1S/C21H21F3N2O3/c1-13-3-8-18(29-2)17(9-13)26-12-15(10-19(26)27)20(28)25-11-14-4-6-16(7-5-14)21(22,23)24/h3-9,15H,10-12H2,1-2H3,(H,25,28)/t15-/m0/s1. The van der Waals surface area contributed by atoms with Crippen LogP contribution in [0.4, 0.5) is 18.9 Å². The predicted molar refractivity (Wildman–Crippen MR) is 101 cm³/mol. The molecule has 1 saturated heterocycles. The molecule has 1 atom stereocenters. The highest BCUT2D eigenvalue weighted by Gasteiger charge is 2.36. The summed E-state index contributed by atoms with van der Waals surface area (Å²) < 4.78 is 43.2. The number of ether oxygens (including phenoxy) is 1. The van der Waals surface area contributed by atoms with Gasteiger partial charge in [-0.25, -0.2) is 0 Å². The second-order valence-electron chi connectivity index (χ2n) is 6.99. The Labute approximate surface area is 166 Å². The minimum atomic E-state index is -4.40. The molecule has 0 radical (unpaired) electrons. The molecule has 1 aliphatic heterocycles. The van der Waals surface area contributed by atoms with Crippen LogP contribution in [0.3, 0.4) is 0 Å². The molecule has 5 nitrogen and oxygen atoms in total. The Morgan fingerprint density at radius 3 is 2.52 bits per heavy atom. The Morgan fingerprint density at radius 1 is 1.21 bits per heavy atom. The topological polar surface area (TPSA) is 58.6 Å². The van der Waals surface area contributed by atoms with E-state index in [4.69, 9.17) is 4.74 Å².